The Kier molecular flexibility index (Phi) is 6.80. The van der Waals surface area contributed by atoms with Gasteiger partial charge in [0.2, 0.25) is 0 Å². The highest BCUT2D eigenvalue weighted by molar-refractivity contribution is 6.00. The second-order valence-electron chi connectivity index (χ2n) is 9.83. The van der Waals surface area contributed by atoms with E-state index in [-0.39, 0.29) is 23.8 Å². The summed E-state index contributed by atoms with van der Waals surface area (Å²) in [6.45, 7) is 13.4. The molecule has 0 bridgehead atoms. The average Bonchev–Trinajstić information content (AvgIpc) is 3.32. The van der Waals surface area contributed by atoms with Crippen molar-refractivity contribution >= 4 is 5.91 Å². The van der Waals surface area contributed by atoms with Crippen LogP contribution in [0.15, 0.2) is 36.4 Å². The maximum Gasteiger partial charge on any atom is 0.273 e. The van der Waals surface area contributed by atoms with Crippen molar-refractivity contribution in [3.05, 3.63) is 69.9 Å². The lowest BCUT2D eigenvalue weighted by Gasteiger charge is -2.27. The van der Waals surface area contributed by atoms with Gasteiger partial charge in [0, 0.05) is 24.3 Å². The van der Waals surface area contributed by atoms with Gasteiger partial charge in [-0.2, -0.15) is 5.10 Å². The van der Waals surface area contributed by atoms with E-state index < -0.39 is 0 Å². The molecule has 0 radical (unpaired) electrons. The van der Waals surface area contributed by atoms with Gasteiger partial charge in [0.1, 0.15) is 17.1 Å². The van der Waals surface area contributed by atoms with Gasteiger partial charge in [-0.25, -0.2) is 0 Å². The first kappa shape index (κ1) is 24.0. The fraction of sp³-hybridized carbons (Fsp3) is 0.429. The van der Waals surface area contributed by atoms with E-state index >= 15 is 0 Å². The topological polar surface area (TPSA) is 78.5 Å². The molecule has 6 heteroatoms. The molecule has 2 heterocycles. The van der Waals surface area contributed by atoms with E-state index in [2.05, 4.69) is 48.3 Å². The summed E-state index contributed by atoms with van der Waals surface area (Å²) in [4.78, 5) is 15.4. The highest BCUT2D eigenvalue weighted by atomic mass is 16.5. The first-order chi connectivity index (χ1) is 16.2. The first-order valence-corrected chi connectivity index (χ1v) is 12.1. The zero-order valence-corrected chi connectivity index (χ0v) is 21.0. The zero-order valence-electron chi connectivity index (χ0n) is 21.0. The molecule has 1 aliphatic rings. The summed E-state index contributed by atoms with van der Waals surface area (Å²) in [7, 11) is 0. The number of ether oxygens (including phenoxy) is 1. The third-order valence-corrected chi connectivity index (χ3v) is 6.48. The number of carbonyl (C=O) groups excluding carboxylic acids is 1. The molecule has 1 aliphatic heterocycles. The number of phenols is 1. The molecule has 3 aromatic rings. The van der Waals surface area contributed by atoms with E-state index in [0.29, 0.717) is 36.0 Å². The number of nitrogens with zero attached hydrogens (tertiary/aromatic N) is 2. The first-order valence-electron chi connectivity index (χ1n) is 12.1. The van der Waals surface area contributed by atoms with E-state index in [4.69, 9.17) is 4.74 Å². The van der Waals surface area contributed by atoms with Crippen LogP contribution in [-0.4, -0.2) is 45.4 Å². The number of H-pyrrole nitrogens is 1. The minimum Gasteiger partial charge on any atom is -0.507 e. The molecule has 6 nitrogen and oxygen atoms in total. The SMILES string of the molecule is Cc1cc(C)c(O)c(-c2n[nH]c3c2C(c2ccc(C(C)C)cc2)N(CCCOC(C)C)C3=O)c1. The van der Waals surface area contributed by atoms with Crippen molar-refractivity contribution in [2.45, 2.75) is 66.0 Å². The number of hydrogen-bond acceptors (Lipinski definition) is 4. The Morgan fingerprint density at radius 3 is 2.47 bits per heavy atom. The molecule has 2 aromatic carbocycles. The van der Waals surface area contributed by atoms with E-state index in [1.54, 1.807) is 0 Å². The summed E-state index contributed by atoms with van der Waals surface area (Å²) in [5, 5.41) is 18.4. The molecule has 0 spiro atoms. The predicted octanol–water partition coefficient (Wildman–Crippen LogP) is 5.88. The third kappa shape index (κ3) is 4.47. The largest absolute Gasteiger partial charge is 0.507 e. The van der Waals surface area contributed by atoms with Crippen LogP contribution in [0, 0.1) is 13.8 Å². The quantitative estimate of drug-likeness (QED) is 0.411. The number of hydrogen-bond donors (Lipinski definition) is 2. The Balaban J connectivity index is 1.79. The number of rotatable bonds is 8. The molecule has 4 rings (SSSR count). The number of aromatic amines is 1. The Morgan fingerprint density at radius 1 is 1.12 bits per heavy atom. The molecule has 34 heavy (non-hydrogen) atoms. The molecule has 1 atom stereocenters. The monoisotopic (exact) mass is 461 g/mol. The van der Waals surface area contributed by atoms with Gasteiger partial charge in [0.25, 0.3) is 5.91 Å². The van der Waals surface area contributed by atoms with Crippen molar-refractivity contribution in [2.24, 2.45) is 0 Å². The molecule has 1 unspecified atom stereocenters. The summed E-state index contributed by atoms with van der Waals surface area (Å²) in [5.74, 6) is 0.556. The lowest BCUT2D eigenvalue weighted by atomic mass is 9.92. The van der Waals surface area contributed by atoms with Crippen LogP contribution in [0.4, 0.5) is 0 Å². The Labute approximate surface area is 202 Å². The maximum atomic E-state index is 13.5. The van der Waals surface area contributed by atoms with Gasteiger partial charge in [-0.3, -0.25) is 9.89 Å². The third-order valence-electron chi connectivity index (χ3n) is 6.48. The number of phenolic OH excluding ortho intramolecular Hbond substituents is 1. The molecule has 1 aromatic heterocycles. The standard InChI is InChI=1S/C28H35N3O3/c1-16(2)20-8-10-21(11-9-20)26-23-24(22-15-18(5)14-19(6)27(22)32)29-30-25(23)28(33)31(26)12-7-13-34-17(3)4/h8-11,14-17,26,32H,7,12-13H2,1-6H3,(H,29,30). The Bertz CT molecular complexity index is 1180. The smallest absolute Gasteiger partial charge is 0.273 e. The van der Waals surface area contributed by atoms with Gasteiger partial charge >= 0.3 is 0 Å². The average molecular weight is 462 g/mol. The molecule has 2 N–H and O–H groups in total. The van der Waals surface area contributed by atoms with Gasteiger partial charge in [-0.15, -0.1) is 0 Å². The fourth-order valence-corrected chi connectivity index (χ4v) is 4.74. The van der Waals surface area contributed by atoms with Crippen molar-refractivity contribution in [1.82, 2.24) is 15.1 Å². The minimum absolute atomic E-state index is 0.0694. The lowest BCUT2D eigenvalue weighted by Crippen LogP contribution is -2.31. The van der Waals surface area contributed by atoms with E-state index in [1.165, 1.54) is 5.56 Å². The van der Waals surface area contributed by atoms with Crippen LogP contribution in [-0.2, 0) is 4.74 Å². The second-order valence-corrected chi connectivity index (χ2v) is 9.83. The maximum absolute atomic E-state index is 13.5. The Morgan fingerprint density at radius 2 is 1.82 bits per heavy atom. The molecular weight excluding hydrogens is 426 g/mol. The Hall–Kier alpha value is -3.12. The van der Waals surface area contributed by atoms with E-state index in [1.807, 2.05) is 44.7 Å². The molecular formula is C28H35N3O3. The summed E-state index contributed by atoms with van der Waals surface area (Å²) in [6, 6.07) is 12.1. The molecule has 1 amide bonds. The number of aromatic nitrogens is 2. The number of amides is 1. The van der Waals surface area contributed by atoms with Crippen molar-refractivity contribution in [2.75, 3.05) is 13.2 Å². The number of carbonyl (C=O) groups is 1. The zero-order chi connectivity index (χ0) is 24.6. The predicted molar refractivity (Wildman–Crippen MR) is 134 cm³/mol. The van der Waals surface area contributed by atoms with Gasteiger partial charge < -0.3 is 14.7 Å². The van der Waals surface area contributed by atoms with Crippen LogP contribution in [0.5, 0.6) is 5.75 Å². The number of nitrogens with one attached hydrogen (secondary N) is 1. The van der Waals surface area contributed by atoms with Crippen LogP contribution >= 0.6 is 0 Å². The van der Waals surface area contributed by atoms with E-state index in [0.717, 1.165) is 28.7 Å². The van der Waals surface area contributed by atoms with Crippen molar-refractivity contribution < 1.29 is 14.6 Å². The van der Waals surface area contributed by atoms with Crippen molar-refractivity contribution in [1.29, 1.82) is 0 Å². The van der Waals surface area contributed by atoms with Gasteiger partial charge in [-0.1, -0.05) is 44.2 Å². The second kappa shape index (κ2) is 9.63. The summed E-state index contributed by atoms with van der Waals surface area (Å²) in [5.41, 5.74) is 6.72. The van der Waals surface area contributed by atoms with Gasteiger partial charge in [-0.05, 0) is 68.4 Å². The molecule has 180 valence electrons. The molecule has 0 aliphatic carbocycles. The van der Waals surface area contributed by atoms with Crippen LogP contribution in [0.3, 0.4) is 0 Å². The van der Waals surface area contributed by atoms with Crippen molar-refractivity contribution in [3.63, 3.8) is 0 Å². The summed E-state index contributed by atoms with van der Waals surface area (Å²) < 4.78 is 5.72. The highest BCUT2D eigenvalue weighted by Crippen LogP contribution is 2.45. The summed E-state index contributed by atoms with van der Waals surface area (Å²) in [6.07, 6.45) is 0.900. The summed E-state index contributed by atoms with van der Waals surface area (Å²) >= 11 is 0. The van der Waals surface area contributed by atoms with E-state index in [9.17, 15) is 9.90 Å². The van der Waals surface area contributed by atoms with Crippen molar-refractivity contribution in [3.8, 4) is 17.0 Å². The molecule has 0 saturated heterocycles. The normalized spacial score (nSPS) is 15.6. The van der Waals surface area contributed by atoms with Crippen LogP contribution < -0.4 is 0 Å². The molecule has 0 fully saturated rings. The fourth-order valence-electron chi connectivity index (χ4n) is 4.74. The number of benzene rings is 2. The van der Waals surface area contributed by atoms with Crippen LogP contribution in [0.25, 0.3) is 11.3 Å². The highest BCUT2D eigenvalue weighted by Gasteiger charge is 2.42. The number of aryl methyl sites for hydroxylation is 2. The van der Waals surface area contributed by atoms with Gasteiger partial charge in [0.15, 0.2) is 0 Å². The minimum atomic E-state index is -0.281. The molecule has 0 saturated carbocycles. The van der Waals surface area contributed by atoms with Crippen LogP contribution in [0.1, 0.15) is 84.4 Å². The number of fused-ring (bicyclic) bond motifs is 1. The van der Waals surface area contributed by atoms with Crippen LogP contribution in [0.2, 0.25) is 0 Å². The lowest BCUT2D eigenvalue weighted by molar-refractivity contribution is 0.0601. The van der Waals surface area contributed by atoms with Gasteiger partial charge in [0.05, 0.1) is 12.1 Å². The number of aromatic hydroxyl groups is 1.